The van der Waals surface area contributed by atoms with Crippen molar-refractivity contribution in [3.8, 4) is 5.75 Å². The number of pyridine rings is 1. The molecule has 0 aliphatic carbocycles. The van der Waals surface area contributed by atoms with E-state index in [1.54, 1.807) is 24.5 Å². The monoisotopic (exact) mass is 495 g/mol. The molecule has 3 heterocycles. The van der Waals surface area contributed by atoms with E-state index in [0.717, 1.165) is 27.7 Å². The van der Waals surface area contributed by atoms with Crippen molar-refractivity contribution < 1.29 is 9.53 Å². The Balaban J connectivity index is 1.34. The molecule has 1 aliphatic rings. The fourth-order valence-corrected chi connectivity index (χ4v) is 4.06. The van der Waals surface area contributed by atoms with Gasteiger partial charge in [0.1, 0.15) is 12.4 Å². The normalized spacial score (nSPS) is 13.8. The fraction of sp³-hybridized carbons (Fsp3) is 0.214. The van der Waals surface area contributed by atoms with Crippen molar-refractivity contribution >= 4 is 34.0 Å². The molecule has 9 heteroatoms. The smallest absolute Gasteiger partial charge is 0.253 e. The van der Waals surface area contributed by atoms with Crippen molar-refractivity contribution in [2.75, 3.05) is 25.5 Å². The highest BCUT2D eigenvalue weighted by Crippen LogP contribution is 2.29. The van der Waals surface area contributed by atoms with Gasteiger partial charge >= 0.3 is 0 Å². The third-order valence-corrected chi connectivity index (χ3v) is 5.94. The number of hydrogen-bond donors (Lipinski definition) is 3. The molecule has 4 aromatic rings. The Hall–Kier alpha value is -4.50. The molecule has 1 atom stereocenters. The number of rotatable bonds is 8. The van der Waals surface area contributed by atoms with Crippen LogP contribution in [0.5, 0.6) is 5.75 Å². The summed E-state index contributed by atoms with van der Waals surface area (Å²) in [6.45, 7) is 4.97. The van der Waals surface area contributed by atoms with Crippen molar-refractivity contribution in [2.24, 2.45) is 0 Å². The molecule has 1 aliphatic heterocycles. The number of anilines is 2. The second-order valence-corrected chi connectivity index (χ2v) is 9.15. The summed E-state index contributed by atoms with van der Waals surface area (Å²) in [7, 11) is 1.96. The van der Waals surface area contributed by atoms with Crippen LogP contribution in [0, 0.1) is 6.92 Å². The lowest BCUT2D eigenvalue weighted by molar-refractivity contribution is 0.0926. The van der Waals surface area contributed by atoms with Gasteiger partial charge in [-0.05, 0) is 61.4 Å². The molecule has 0 radical (unpaired) electrons. The van der Waals surface area contributed by atoms with Crippen LogP contribution in [0.2, 0.25) is 0 Å². The first-order valence-corrected chi connectivity index (χ1v) is 12.1. The Kier molecular flexibility index (Phi) is 6.96. The summed E-state index contributed by atoms with van der Waals surface area (Å²) in [5.74, 6) is 0.996. The molecule has 2 aromatic heterocycles. The molecule has 5 rings (SSSR count). The summed E-state index contributed by atoms with van der Waals surface area (Å²) in [6, 6.07) is 15.3. The quantitative estimate of drug-likeness (QED) is 0.336. The highest BCUT2D eigenvalue weighted by atomic mass is 16.5. The summed E-state index contributed by atoms with van der Waals surface area (Å²) in [5.41, 5.74) is 8.77. The van der Waals surface area contributed by atoms with Crippen LogP contribution in [0.1, 0.15) is 28.4 Å². The van der Waals surface area contributed by atoms with Crippen LogP contribution in [-0.2, 0) is 0 Å². The minimum absolute atomic E-state index is 0.186. The number of aryl methyl sites for hydroxylation is 1. The molecule has 188 valence electrons. The molecule has 0 unspecified atom stereocenters. The lowest BCUT2D eigenvalue weighted by Crippen LogP contribution is -2.36. The second kappa shape index (κ2) is 10.6. The van der Waals surface area contributed by atoms with Gasteiger partial charge in [0.15, 0.2) is 0 Å². The minimum atomic E-state index is -0.210. The van der Waals surface area contributed by atoms with Crippen LogP contribution in [0.4, 0.5) is 11.6 Å². The Labute approximate surface area is 215 Å². The SMILES string of the molecule is Cc1ccc2nc(Nc3cc(OC[C@@H](C)NC(=O)c4cccnc4)cc(C4=CN(C)NC4)c3)ncc2c1. The van der Waals surface area contributed by atoms with Crippen molar-refractivity contribution in [1.29, 1.82) is 0 Å². The Morgan fingerprint density at radius 3 is 2.86 bits per heavy atom. The third-order valence-electron chi connectivity index (χ3n) is 5.94. The zero-order valence-electron chi connectivity index (χ0n) is 21.0. The van der Waals surface area contributed by atoms with E-state index in [4.69, 9.17) is 4.74 Å². The van der Waals surface area contributed by atoms with E-state index in [-0.39, 0.29) is 11.9 Å². The highest BCUT2D eigenvalue weighted by molar-refractivity contribution is 5.94. The van der Waals surface area contributed by atoms with Gasteiger partial charge in [-0.3, -0.25) is 9.78 Å². The first kappa shape index (κ1) is 24.2. The number of amides is 1. The zero-order chi connectivity index (χ0) is 25.8. The highest BCUT2D eigenvalue weighted by Gasteiger charge is 2.15. The van der Waals surface area contributed by atoms with E-state index in [9.17, 15) is 4.79 Å². The van der Waals surface area contributed by atoms with Crippen molar-refractivity contribution in [3.05, 3.63) is 90.0 Å². The van der Waals surface area contributed by atoms with Crippen LogP contribution in [0.15, 0.2) is 73.3 Å². The van der Waals surface area contributed by atoms with E-state index in [1.165, 1.54) is 5.56 Å². The van der Waals surface area contributed by atoms with E-state index in [2.05, 4.69) is 49.3 Å². The van der Waals surface area contributed by atoms with Crippen molar-refractivity contribution in [3.63, 3.8) is 0 Å². The molecule has 2 aromatic carbocycles. The molecule has 0 saturated heterocycles. The predicted octanol–water partition coefficient (Wildman–Crippen LogP) is 4.07. The maximum absolute atomic E-state index is 12.4. The summed E-state index contributed by atoms with van der Waals surface area (Å²) >= 11 is 0. The molecular formula is C28H29N7O2. The Morgan fingerprint density at radius 2 is 2.08 bits per heavy atom. The number of hydrazine groups is 1. The van der Waals surface area contributed by atoms with Crippen LogP contribution in [0.3, 0.4) is 0 Å². The number of carbonyl (C=O) groups is 1. The molecule has 0 spiro atoms. The van der Waals surface area contributed by atoms with Crippen LogP contribution < -0.4 is 20.8 Å². The van der Waals surface area contributed by atoms with E-state index >= 15 is 0 Å². The molecule has 0 bridgehead atoms. The van der Waals surface area contributed by atoms with Crippen LogP contribution in [0.25, 0.3) is 16.5 Å². The summed E-state index contributed by atoms with van der Waals surface area (Å²) in [6.07, 6.45) is 7.05. The number of nitrogens with zero attached hydrogens (tertiary/aromatic N) is 4. The largest absolute Gasteiger partial charge is 0.491 e. The number of hydrogen-bond acceptors (Lipinski definition) is 8. The van der Waals surface area contributed by atoms with Gasteiger partial charge in [-0.2, -0.15) is 0 Å². The van der Waals surface area contributed by atoms with Crippen LogP contribution in [-0.4, -0.2) is 52.1 Å². The van der Waals surface area contributed by atoms with Crippen molar-refractivity contribution in [1.82, 2.24) is 30.7 Å². The molecule has 0 fully saturated rings. The van der Waals surface area contributed by atoms with Gasteiger partial charge in [0.2, 0.25) is 5.95 Å². The zero-order valence-corrected chi connectivity index (χ0v) is 21.0. The van der Waals surface area contributed by atoms with Gasteiger partial charge < -0.3 is 20.4 Å². The fourth-order valence-electron chi connectivity index (χ4n) is 4.06. The average molecular weight is 496 g/mol. The van der Waals surface area contributed by atoms with Gasteiger partial charge in [0.25, 0.3) is 5.91 Å². The summed E-state index contributed by atoms with van der Waals surface area (Å²) < 4.78 is 6.12. The maximum atomic E-state index is 12.4. The van der Waals surface area contributed by atoms with E-state index in [1.807, 2.05) is 56.4 Å². The second-order valence-electron chi connectivity index (χ2n) is 9.15. The third kappa shape index (κ3) is 6.02. The molecule has 0 saturated carbocycles. The topological polar surface area (TPSA) is 104 Å². The summed E-state index contributed by atoms with van der Waals surface area (Å²) in [4.78, 5) is 25.6. The number of ether oxygens (including phenoxy) is 1. The Morgan fingerprint density at radius 1 is 1.19 bits per heavy atom. The molecule has 1 amide bonds. The standard InChI is InChI=1S/C28H29N7O2/c1-18-6-7-26-22(9-18)14-30-28(34-26)33-24-10-21(23-15-31-35(3)16-23)11-25(12-24)37-17-19(2)32-27(36)20-5-4-8-29-13-20/h4-14,16,19,31H,15,17H2,1-3H3,(H,32,36)(H,30,33,34)/t19-/m1/s1. The van der Waals surface area contributed by atoms with Gasteiger partial charge in [-0.15, -0.1) is 0 Å². The first-order valence-electron chi connectivity index (χ1n) is 12.1. The van der Waals surface area contributed by atoms with Crippen LogP contribution >= 0.6 is 0 Å². The number of carbonyl (C=O) groups excluding carboxylic acids is 1. The van der Waals surface area contributed by atoms with Crippen molar-refractivity contribution in [2.45, 2.75) is 19.9 Å². The van der Waals surface area contributed by atoms with E-state index < -0.39 is 0 Å². The number of fused-ring (bicyclic) bond motifs is 1. The van der Waals surface area contributed by atoms with Gasteiger partial charge in [-0.1, -0.05) is 11.6 Å². The minimum Gasteiger partial charge on any atom is -0.491 e. The van der Waals surface area contributed by atoms with Gasteiger partial charge in [-0.25, -0.2) is 15.4 Å². The first-order chi connectivity index (χ1) is 17.9. The lowest BCUT2D eigenvalue weighted by Gasteiger charge is -2.17. The number of benzene rings is 2. The number of aromatic nitrogens is 3. The molecule has 3 N–H and O–H groups in total. The lowest BCUT2D eigenvalue weighted by atomic mass is 10.1. The molecule has 9 nitrogen and oxygen atoms in total. The van der Waals surface area contributed by atoms with E-state index in [0.29, 0.717) is 30.4 Å². The number of nitrogens with one attached hydrogen (secondary N) is 3. The predicted molar refractivity (Wildman–Crippen MR) is 144 cm³/mol. The molecule has 37 heavy (non-hydrogen) atoms. The average Bonchev–Trinajstić information content (AvgIpc) is 3.34. The Bertz CT molecular complexity index is 1460. The van der Waals surface area contributed by atoms with Gasteiger partial charge in [0, 0.05) is 55.5 Å². The molecular weight excluding hydrogens is 466 g/mol. The summed E-state index contributed by atoms with van der Waals surface area (Å²) in [5, 5.41) is 9.20. The maximum Gasteiger partial charge on any atom is 0.253 e. The van der Waals surface area contributed by atoms with Gasteiger partial charge in [0.05, 0.1) is 17.1 Å².